The van der Waals surface area contributed by atoms with E-state index in [-0.39, 0.29) is 24.0 Å². The van der Waals surface area contributed by atoms with Crippen molar-refractivity contribution in [2.75, 3.05) is 29.8 Å². The molecule has 308 valence electrons. The fourth-order valence-electron chi connectivity index (χ4n) is 6.78. The summed E-state index contributed by atoms with van der Waals surface area (Å²) in [4.78, 5) is 37.5. The summed E-state index contributed by atoms with van der Waals surface area (Å²) in [6.45, 7) is 3.78. The summed E-state index contributed by atoms with van der Waals surface area (Å²) >= 11 is 0. The molecule has 2 aliphatic rings. The van der Waals surface area contributed by atoms with E-state index in [1.807, 2.05) is 4.57 Å². The van der Waals surface area contributed by atoms with E-state index >= 15 is 0 Å². The number of hydrogen-bond donors (Lipinski definition) is 5. The van der Waals surface area contributed by atoms with Crippen LogP contribution in [0.5, 0.6) is 11.5 Å². The number of anilines is 2. The van der Waals surface area contributed by atoms with Gasteiger partial charge in [0.15, 0.2) is 0 Å². The molecule has 7 rings (SSSR count). The molecule has 0 aliphatic carbocycles. The van der Waals surface area contributed by atoms with Crippen molar-refractivity contribution in [3.05, 3.63) is 138 Å². The molecule has 4 aromatic carbocycles. The number of para-hydroxylation sites is 1. The number of nitrogens with two attached hydrogens (primary N) is 1. The summed E-state index contributed by atoms with van der Waals surface area (Å²) in [6.07, 6.45) is -0.367. The number of phenols is 1. The van der Waals surface area contributed by atoms with Gasteiger partial charge in [0, 0.05) is 12.2 Å². The number of nitrogens with one attached hydrogen (secondary N) is 3. The van der Waals surface area contributed by atoms with E-state index in [0.717, 1.165) is 0 Å². The van der Waals surface area contributed by atoms with Crippen LogP contribution >= 0.6 is 7.52 Å². The van der Waals surface area contributed by atoms with Crippen molar-refractivity contribution in [3.8, 4) is 11.5 Å². The number of aromatic hydroxyl groups is 1. The Hall–Kier alpha value is -6.13. The van der Waals surface area contributed by atoms with E-state index in [0.29, 0.717) is 47.4 Å². The highest BCUT2D eigenvalue weighted by Gasteiger charge is 2.49. The maximum Gasteiger partial charge on any atom is 0.342 e. The Morgan fingerprint density at radius 1 is 1.00 bits per heavy atom. The van der Waals surface area contributed by atoms with Crippen LogP contribution in [0.3, 0.4) is 0 Å². The number of hydrogen-bond acceptors (Lipinski definition) is 12. The Kier molecular flexibility index (Phi) is 12.4. The molecule has 18 heteroatoms. The van der Waals surface area contributed by atoms with Crippen molar-refractivity contribution in [3.63, 3.8) is 0 Å². The van der Waals surface area contributed by atoms with Crippen LogP contribution < -0.4 is 30.9 Å². The minimum Gasteiger partial charge on any atom is -0.508 e. The molecule has 6 N–H and O–H groups in total. The summed E-state index contributed by atoms with van der Waals surface area (Å²) in [6, 6.07) is 23.1. The van der Waals surface area contributed by atoms with Crippen LogP contribution in [-0.2, 0) is 30.2 Å². The molecule has 1 unspecified atom stereocenters. The van der Waals surface area contributed by atoms with Crippen LogP contribution in [0.25, 0.3) is 0 Å². The molecule has 1 fully saturated rings. The summed E-state index contributed by atoms with van der Waals surface area (Å²) in [5.41, 5.74) is 8.07. The number of imidazole rings is 1. The SMILES string of the molecule is C[C@H](Cn1cnc2c1NCN=C2N)OCP(=O)(N[C@@H](C)C(=O)O[C@@H](CN[C@H]1C(=O)N(c2ccc(F)cc2)[C@@H]1c1ccc(O)cc1)c1ccc(F)cc1)Oc1ccccc1. The molecule has 3 heterocycles. The average Bonchev–Trinajstić information content (AvgIpc) is 3.64. The van der Waals surface area contributed by atoms with Crippen LogP contribution in [0.15, 0.2) is 114 Å². The van der Waals surface area contributed by atoms with Crippen LogP contribution in [0.2, 0.25) is 0 Å². The highest BCUT2D eigenvalue weighted by Crippen LogP contribution is 2.44. The number of halogens is 2. The number of aromatic nitrogens is 2. The zero-order valence-corrected chi connectivity index (χ0v) is 33.0. The molecular weight excluding hydrogens is 785 g/mol. The Labute approximate surface area is 338 Å². The molecule has 0 radical (unpaired) electrons. The van der Waals surface area contributed by atoms with Crippen LogP contribution in [0.4, 0.5) is 20.3 Å². The molecule has 0 saturated carbocycles. The molecule has 5 aromatic rings. The Balaban J connectivity index is 1.06. The van der Waals surface area contributed by atoms with Crippen molar-refractivity contribution in [1.29, 1.82) is 0 Å². The quantitative estimate of drug-likeness (QED) is 0.0443. The molecule has 0 spiro atoms. The van der Waals surface area contributed by atoms with Crippen molar-refractivity contribution in [2.24, 2.45) is 10.7 Å². The zero-order valence-electron chi connectivity index (χ0n) is 32.1. The van der Waals surface area contributed by atoms with E-state index in [2.05, 4.69) is 25.7 Å². The van der Waals surface area contributed by atoms with Gasteiger partial charge >= 0.3 is 13.5 Å². The third-order valence-electron chi connectivity index (χ3n) is 9.76. The van der Waals surface area contributed by atoms with Crippen molar-refractivity contribution in [2.45, 2.75) is 50.7 Å². The number of esters is 1. The average molecular weight is 829 g/mol. The number of rotatable bonds is 17. The number of nitrogens with zero attached hydrogens (tertiary/aromatic N) is 4. The monoisotopic (exact) mass is 828 g/mol. The molecule has 15 nitrogen and oxygen atoms in total. The highest BCUT2D eigenvalue weighted by molar-refractivity contribution is 7.57. The number of ether oxygens (including phenoxy) is 2. The van der Waals surface area contributed by atoms with Crippen molar-refractivity contribution >= 4 is 36.7 Å². The van der Waals surface area contributed by atoms with Crippen LogP contribution in [0, 0.1) is 11.6 Å². The number of benzene rings is 4. The summed E-state index contributed by atoms with van der Waals surface area (Å²) in [7, 11) is -3.98. The highest BCUT2D eigenvalue weighted by atomic mass is 31.2. The third-order valence-corrected chi connectivity index (χ3v) is 11.5. The van der Waals surface area contributed by atoms with Crippen LogP contribution in [0.1, 0.15) is 42.8 Å². The first kappa shape index (κ1) is 41.0. The lowest BCUT2D eigenvalue weighted by atomic mass is 9.87. The third kappa shape index (κ3) is 9.61. The number of carbonyl (C=O) groups is 2. The second-order valence-corrected chi connectivity index (χ2v) is 16.1. The van der Waals surface area contributed by atoms with Gasteiger partial charge in [-0.05, 0) is 85.6 Å². The lowest BCUT2D eigenvalue weighted by Gasteiger charge is -2.48. The molecule has 0 bridgehead atoms. The molecule has 1 aromatic heterocycles. The second kappa shape index (κ2) is 17.8. The van der Waals surface area contributed by atoms with Gasteiger partial charge in [-0.2, -0.15) is 0 Å². The predicted molar refractivity (Wildman–Crippen MR) is 216 cm³/mol. The van der Waals surface area contributed by atoms with Gasteiger partial charge in [0.2, 0.25) is 5.91 Å². The van der Waals surface area contributed by atoms with Gasteiger partial charge in [0.25, 0.3) is 0 Å². The largest absolute Gasteiger partial charge is 0.508 e. The normalized spacial score (nSPS) is 18.6. The standard InChI is InChI=1S/C41H43F2N8O7P/c1-25(21-50-23-48-36-38(44)46-22-47-39(36)50)56-24-59(55,58-33-6-4-3-5-7-33)49-26(2)41(54)57-34(27-8-12-29(42)13-9-27)20-45-35-37(28-10-18-32(52)19-11-28)51(40(35)53)31-16-14-30(43)15-17-31/h3-19,23,25-26,34-35,37,45,47,52H,20-22,24H2,1-2H3,(H2,44,46)(H,49,55)/t25-,26+,34+,35-,37-,59?/m1/s1. The van der Waals surface area contributed by atoms with E-state index < -0.39 is 61.8 Å². The Morgan fingerprint density at radius 3 is 2.37 bits per heavy atom. The lowest BCUT2D eigenvalue weighted by molar-refractivity contribution is -0.151. The number of fused-ring (bicyclic) bond motifs is 1. The van der Waals surface area contributed by atoms with Gasteiger partial charge in [0.05, 0.1) is 25.0 Å². The molecular formula is C41H43F2N8O7P. The fourth-order valence-corrected chi connectivity index (χ4v) is 8.57. The summed E-state index contributed by atoms with van der Waals surface area (Å²) < 4.78 is 62.1. The Bertz CT molecular complexity index is 2330. The summed E-state index contributed by atoms with van der Waals surface area (Å²) in [5, 5.41) is 19.1. The minimum atomic E-state index is -3.98. The topological polar surface area (TPSA) is 195 Å². The summed E-state index contributed by atoms with van der Waals surface area (Å²) in [5.74, 6) is -0.799. The van der Waals surface area contributed by atoms with E-state index in [9.17, 15) is 28.0 Å². The fraction of sp³-hybridized carbons (Fsp3) is 0.268. The predicted octanol–water partition coefficient (Wildman–Crippen LogP) is 5.60. The van der Waals surface area contributed by atoms with E-state index in [4.69, 9.17) is 19.7 Å². The molecule has 1 amide bonds. The van der Waals surface area contributed by atoms with Gasteiger partial charge in [-0.1, -0.05) is 42.5 Å². The number of phenolic OH excluding ortho intramolecular Hbond substituents is 1. The maximum atomic E-state index is 14.5. The number of amides is 1. The van der Waals surface area contributed by atoms with Gasteiger partial charge in [-0.25, -0.2) is 23.8 Å². The molecule has 1 saturated heterocycles. The van der Waals surface area contributed by atoms with Gasteiger partial charge in [0.1, 0.15) is 71.7 Å². The number of amidine groups is 1. The minimum absolute atomic E-state index is 0.0371. The zero-order chi connectivity index (χ0) is 41.7. The number of β-lactam (4-membered cyclic amide) rings is 1. The first-order valence-corrected chi connectivity index (χ1v) is 20.6. The maximum absolute atomic E-state index is 14.5. The second-order valence-electron chi connectivity index (χ2n) is 14.1. The van der Waals surface area contributed by atoms with Crippen molar-refractivity contribution < 1.29 is 42.0 Å². The lowest BCUT2D eigenvalue weighted by Crippen LogP contribution is -2.65. The van der Waals surface area contributed by atoms with Crippen molar-refractivity contribution in [1.82, 2.24) is 20.0 Å². The van der Waals surface area contributed by atoms with Gasteiger partial charge < -0.3 is 39.6 Å². The number of carbonyl (C=O) groups excluding carboxylic acids is 2. The molecule has 2 aliphatic heterocycles. The first-order chi connectivity index (χ1) is 28.4. The molecule has 59 heavy (non-hydrogen) atoms. The van der Waals surface area contributed by atoms with Gasteiger partial charge in [-0.3, -0.25) is 19.5 Å². The van der Waals surface area contributed by atoms with E-state index in [1.54, 1.807) is 55.7 Å². The van der Waals surface area contributed by atoms with Gasteiger partial charge in [-0.15, -0.1) is 0 Å². The van der Waals surface area contributed by atoms with Crippen LogP contribution in [-0.4, -0.2) is 70.1 Å². The first-order valence-electron chi connectivity index (χ1n) is 18.8. The smallest absolute Gasteiger partial charge is 0.342 e. The molecule has 6 atom stereocenters. The van der Waals surface area contributed by atoms with E-state index in [1.165, 1.54) is 72.5 Å². The Morgan fingerprint density at radius 2 is 1.68 bits per heavy atom. The number of aliphatic imine (C=N–C) groups is 1.